The van der Waals surface area contributed by atoms with Crippen LogP contribution in [0.2, 0.25) is 0 Å². The van der Waals surface area contributed by atoms with E-state index in [4.69, 9.17) is 24.8 Å². The standard InChI is InChI=1S/C15H29BN2O5/c1-3-21-15(19)11-4-6-13(7-5-11)22-10-12-8-14(9-18(12)2)23-16(17)20/h11-14,20H,3-10,17H2,1-2H3/t11?,12-,13?,14+/m0/s1. The topological polar surface area (TPSA) is 94.2 Å². The highest BCUT2D eigenvalue weighted by Gasteiger charge is 2.33. The van der Waals surface area contributed by atoms with Crippen LogP contribution in [0.1, 0.15) is 39.0 Å². The molecule has 0 unspecified atom stereocenters. The Kier molecular flexibility index (Phi) is 7.29. The minimum absolute atomic E-state index is 0.0350. The zero-order chi connectivity index (χ0) is 16.8. The van der Waals surface area contributed by atoms with Crippen LogP contribution < -0.4 is 5.64 Å². The van der Waals surface area contributed by atoms with Crippen LogP contribution in [0.15, 0.2) is 0 Å². The van der Waals surface area contributed by atoms with E-state index in [1.807, 2.05) is 14.0 Å². The van der Waals surface area contributed by atoms with Gasteiger partial charge in [0, 0.05) is 12.6 Å². The molecule has 132 valence electrons. The van der Waals surface area contributed by atoms with Gasteiger partial charge in [-0.1, -0.05) is 0 Å². The van der Waals surface area contributed by atoms with Crippen LogP contribution in [0.25, 0.3) is 0 Å². The molecule has 1 aliphatic carbocycles. The van der Waals surface area contributed by atoms with Gasteiger partial charge in [0.2, 0.25) is 0 Å². The smallest absolute Gasteiger partial charge is 0.466 e. The fourth-order valence-electron chi connectivity index (χ4n) is 3.49. The molecule has 23 heavy (non-hydrogen) atoms. The maximum atomic E-state index is 11.7. The van der Waals surface area contributed by atoms with Crippen LogP contribution in [0, 0.1) is 5.92 Å². The zero-order valence-corrected chi connectivity index (χ0v) is 14.1. The van der Waals surface area contributed by atoms with Crippen molar-refractivity contribution in [3.05, 3.63) is 0 Å². The van der Waals surface area contributed by atoms with Crippen LogP contribution in [0.3, 0.4) is 0 Å². The van der Waals surface area contributed by atoms with E-state index in [-0.39, 0.29) is 30.1 Å². The van der Waals surface area contributed by atoms with Crippen LogP contribution in [-0.2, 0) is 18.9 Å². The molecular formula is C15H29BN2O5. The predicted octanol–water partition coefficient (Wildman–Crippen LogP) is 0.150. The molecule has 0 bridgehead atoms. The maximum absolute atomic E-state index is 11.7. The molecule has 0 radical (unpaired) electrons. The summed E-state index contributed by atoms with van der Waals surface area (Å²) < 4.78 is 16.4. The summed E-state index contributed by atoms with van der Waals surface area (Å²) >= 11 is 0. The van der Waals surface area contributed by atoms with Crippen molar-refractivity contribution in [3.8, 4) is 0 Å². The molecule has 1 saturated heterocycles. The van der Waals surface area contributed by atoms with E-state index in [0.29, 0.717) is 13.2 Å². The molecule has 1 aliphatic heterocycles. The maximum Gasteiger partial charge on any atom is 0.549 e. The highest BCUT2D eigenvalue weighted by Crippen LogP contribution is 2.28. The van der Waals surface area contributed by atoms with E-state index in [2.05, 4.69) is 4.90 Å². The molecule has 8 heteroatoms. The van der Waals surface area contributed by atoms with E-state index >= 15 is 0 Å². The number of ether oxygens (including phenoxy) is 2. The lowest BCUT2D eigenvalue weighted by molar-refractivity contribution is -0.150. The van der Waals surface area contributed by atoms with Gasteiger partial charge >= 0.3 is 13.2 Å². The summed E-state index contributed by atoms with van der Waals surface area (Å²) in [5.41, 5.74) is 5.26. The van der Waals surface area contributed by atoms with Gasteiger partial charge in [-0.25, -0.2) is 0 Å². The molecular weight excluding hydrogens is 299 g/mol. The molecule has 1 heterocycles. The van der Waals surface area contributed by atoms with Crippen molar-refractivity contribution in [3.63, 3.8) is 0 Å². The Bertz CT molecular complexity index is 377. The SMILES string of the molecule is CCOC(=O)C1CCC(OC[C@@H]2C[C@@H](OB(N)O)CN2C)CC1. The van der Waals surface area contributed by atoms with Gasteiger partial charge in [0.1, 0.15) is 0 Å². The third kappa shape index (κ3) is 5.72. The summed E-state index contributed by atoms with van der Waals surface area (Å²) in [6.45, 7) is 3.68. The van der Waals surface area contributed by atoms with Crippen molar-refractivity contribution >= 4 is 13.2 Å². The second kappa shape index (κ2) is 8.99. The van der Waals surface area contributed by atoms with E-state index in [1.165, 1.54) is 0 Å². The number of rotatable bonds is 7. The summed E-state index contributed by atoms with van der Waals surface area (Å²) in [6.07, 6.45) is 4.47. The molecule has 2 aliphatic rings. The zero-order valence-electron chi connectivity index (χ0n) is 14.1. The van der Waals surface area contributed by atoms with E-state index in [9.17, 15) is 4.79 Å². The Labute approximate surface area is 138 Å². The molecule has 2 fully saturated rings. The number of carbonyl (C=O) groups excluding carboxylic acids is 1. The van der Waals surface area contributed by atoms with E-state index < -0.39 is 7.25 Å². The quantitative estimate of drug-likeness (QED) is 0.507. The third-order valence-corrected chi connectivity index (χ3v) is 4.80. The molecule has 7 nitrogen and oxygen atoms in total. The van der Waals surface area contributed by atoms with Gasteiger partial charge in [-0.05, 0) is 46.1 Å². The second-order valence-electron chi connectivity index (χ2n) is 6.54. The van der Waals surface area contributed by atoms with Gasteiger partial charge in [-0.15, -0.1) is 0 Å². The Hall–Kier alpha value is -0.665. The molecule has 2 rings (SSSR count). The summed E-state index contributed by atoms with van der Waals surface area (Å²) in [5, 5.41) is 9.09. The van der Waals surface area contributed by atoms with Crippen molar-refractivity contribution in [2.75, 3.05) is 26.8 Å². The van der Waals surface area contributed by atoms with Crippen LogP contribution in [0.5, 0.6) is 0 Å². The Morgan fingerprint density at radius 2 is 2.00 bits per heavy atom. The normalized spacial score (nSPS) is 32.0. The summed E-state index contributed by atoms with van der Waals surface area (Å²) in [6, 6.07) is 0.279. The van der Waals surface area contributed by atoms with Crippen molar-refractivity contribution < 1.29 is 23.9 Å². The number of carbonyl (C=O) groups is 1. The first-order valence-corrected chi connectivity index (χ1v) is 8.57. The Balaban J connectivity index is 1.66. The lowest BCUT2D eigenvalue weighted by atomic mass is 9.87. The molecule has 0 aromatic rings. The molecule has 3 N–H and O–H groups in total. The summed E-state index contributed by atoms with van der Waals surface area (Å²) in [7, 11) is 0.809. The van der Waals surface area contributed by atoms with Crippen molar-refractivity contribution in [2.24, 2.45) is 11.6 Å². The van der Waals surface area contributed by atoms with Gasteiger partial charge in [0.05, 0.1) is 31.3 Å². The van der Waals surface area contributed by atoms with Crippen molar-refractivity contribution in [2.45, 2.75) is 57.3 Å². The molecule has 1 saturated carbocycles. The highest BCUT2D eigenvalue weighted by atomic mass is 16.5. The molecule has 0 amide bonds. The molecule has 0 spiro atoms. The van der Waals surface area contributed by atoms with E-state index in [1.54, 1.807) is 0 Å². The number of nitrogens with two attached hydrogens (primary N) is 1. The molecule has 0 aromatic heterocycles. The fraction of sp³-hybridized carbons (Fsp3) is 0.933. The van der Waals surface area contributed by atoms with Gasteiger partial charge in [-0.3, -0.25) is 9.69 Å². The van der Waals surface area contributed by atoms with Crippen LogP contribution in [0.4, 0.5) is 0 Å². The second-order valence-corrected chi connectivity index (χ2v) is 6.54. The average Bonchev–Trinajstić information content (AvgIpc) is 2.85. The van der Waals surface area contributed by atoms with Crippen LogP contribution in [-0.4, -0.2) is 68.2 Å². The number of esters is 1. The fourth-order valence-corrected chi connectivity index (χ4v) is 3.49. The van der Waals surface area contributed by atoms with Crippen LogP contribution >= 0.6 is 0 Å². The number of likely N-dealkylation sites (N-methyl/N-ethyl adjacent to an activating group) is 1. The largest absolute Gasteiger partial charge is 0.549 e. The number of nitrogens with zero attached hydrogens (tertiary/aromatic N) is 1. The number of hydrogen-bond donors (Lipinski definition) is 2. The number of hydrogen-bond acceptors (Lipinski definition) is 7. The first-order chi connectivity index (χ1) is 11.0. The third-order valence-electron chi connectivity index (χ3n) is 4.80. The summed E-state index contributed by atoms with van der Waals surface area (Å²) in [5.74, 6) is -0.0328. The Morgan fingerprint density at radius 1 is 1.30 bits per heavy atom. The molecule has 0 aromatic carbocycles. The number of likely N-dealkylation sites (tertiary alicyclic amines) is 1. The van der Waals surface area contributed by atoms with Gasteiger partial charge in [0.15, 0.2) is 0 Å². The van der Waals surface area contributed by atoms with E-state index in [0.717, 1.165) is 38.6 Å². The minimum Gasteiger partial charge on any atom is -0.466 e. The monoisotopic (exact) mass is 328 g/mol. The average molecular weight is 328 g/mol. The van der Waals surface area contributed by atoms with Crippen molar-refractivity contribution in [1.82, 2.24) is 4.90 Å². The predicted molar refractivity (Wildman–Crippen MR) is 86.4 cm³/mol. The molecule has 2 atom stereocenters. The van der Waals surface area contributed by atoms with Crippen molar-refractivity contribution in [1.29, 1.82) is 0 Å². The van der Waals surface area contributed by atoms with Gasteiger partial charge in [-0.2, -0.15) is 0 Å². The van der Waals surface area contributed by atoms with Gasteiger partial charge < -0.3 is 24.8 Å². The first kappa shape index (κ1) is 18.7. The minimum atomic E-state index is -1.22. The lowest BCUT2D eigenvalue weighted by Gasteiger charge is -2.29. The first-order valence-electron chi connectivity index (χ1n) is 8.57. The van der Waals surface area contributed by atoms with Gasteiger partial charge in [0.25, 0.3) is 0 Å². The summed E-state index contributed by atoms with van der Waals surface area (Å²) in [4.78, 5) is 13.9. The highest BCUT2D eigenvalue weighted by molar-refractivity contribution is 6.38. The lowest BCUT2D eigenvalue weighted by Crippen LogP contribution is -2.35. The Morgan fingerprint density at radius 3 is 2.61 bits per heavy atom.